The van der Waals surface area contributed by atoms with Crippen LogP contribution in [0.15, 0.2) is 17.8 Å². The second-order valence-corrected chi connectivity index (χ2v) is 4.44. The molecule has 5 heteroatoms. The summed E-state index contributed by atoms with van der Waals surface area (Å²) in [4.78, 5) is 14.8. The van der Waals surface area contributed by atoms with Gasteiger partial charge >= 0.3 is 0 Å². The maximum absolute atomic E-state index is 4.34. The van der Waals surface area contributed by atoms with Crippen LogP contribution in [0.5, 0.6) is 0 Å². The number of nitrogens with zero attached hydrogens (tertiary/aromatic N) is 4. The van der Waals surface area contributed by atoms with E-state index in [1.165, 1.54) is 0 Å². The molecule has 0 unspecified atom stereocenters. The highest BCUT2D eigenvalue weighted by atomic mass is 32.1. The lowest BCUT2D eigenvalue weighted by Crippen LogP contribution is -2.34. The molecule has 2 rings (SSSR count). The van der Waals surface area contributed by atoms with E-state index in [0.29, 0.717) is 11.1 Å². The third-order valence-corrected chi connectivity index (χ3v) is 3.08. The van der Waals surface area contributed by atoms with Crippen LogP contribution in [0.4, 0.5) is 5.95 Å². The van der Waals surface area contributed by atoms with Crippen LogP contribution >= 0.6 is 12.6 Å². The minimum absolute atomic E-state index is 0.494. The van der Waals surface area contributed by atoms with E-state index >= 15 is 0 Å². The summed E-state index contributed by atoms with van der Waals surface area (Å²) in [7, 11) is 0. The third kappa shape index (κ3) is 2.52. The first-order valence-corrected chi connectivity index (χ1v) is 5.93. The fourth-order valence-corrected chi connectivity index (χ4v) is 2.16. The number of anilines is 1. The lowest BCUT2D eigenvalue weighted by molar-refractivity contribution is 0.472. The smallest absolute Gasteiger partial charge is 0.229 e. The van der Waals surface area contributed by atoms with Crippen molar-refractivity contribution in [1.29, 1.82) is 0 Å². The summed E-state index contributed by atoms with van der Waals surface area (Å²) in [5.41, 5.74) is 0. The van der Waals surface area contributed by atoms with Gasteiger partial charge in [-0.05, 0) is 25.7 Å². The molecule has 1 aliphatic heterocycles. The fraction of sp³-hybridized carbons (Fsp3) is 0.545. The zero-order chi connectivity index (χ0) is 11.5. The van der Waals surface area contributed by atoms with Crippen molar-refractivity contribution in [3.8, 4) is 0 Å². The zero-order valence-electron chi connectivity index (χ0n) is 9.43. The van der Waals surface area contributed by atoms with E-state index in [1.54, 1.807) is 0 Å². The highest BCUT2D eigenvalue weighted by Crippen LogP contribution is 2.21. The minimum Gasteiger partial charge on any atom is -0.341 e. The molecule has 16 heavy (non-hydrogen) atoms. The molecule has 1 aromatic heterocycles. The summed E-state index contributed by atoms with van der Waals surface area (Å²) < 4.78 is 0. The van der Waals surface area contributed by atoms with Gasteiger partial charge < -0.3 is 4.90 Å². The first kappa shape index (κ1) is 11.4. The highest BCUT2D eigenvalue weighted by molar-refractivity contribution is 7.80. The van der Waals surface area contributed by atoms with Crippen LogP contribution in [0.25, 0.3) is 0 Å². The molecule has 4 nitrogen and oxygen atoms in total. The van der Waals surface area contributed by atoms with E-state index in [0.717, 1.165) is 37.7 Å². The molecular formula is C11H16N4S. The Morgan fingerprint density at radius 2 is 2.00 bits per heavy atom. The number of piperidine rings is 1. The number of hydrogen-bond donors (Lipinski definition) is 1. The van der Waals surface area contributed by atoms with Gasteiger partial charge in [0.05, 0.1) is 0 Å². The molecule has 86 valence electrons. The fourth-order valence-electron chi connectivity index (χ4n) is 1.93. The van der Waals surface area contributed by atoms with Gasteiger partial charge in [-0.25, -0.2) is 4.98 Å². The molecule has 0 atom stereocenters. The number of aryl methyl sites for hydroxylation is 1. The number of allylic oxidation sites excluding steroid dienone is 1. The van der Waals surface area contributed by atoms with Gasteiger partial charge in [0.15, 0.2) is 5.16 Å². The van der Waals surface area contributed by atoms with E-state index < -0.39 is 0 Å². The third-order valence-electron chi connectivity index (χ3n) is 2.88. The van der Waals surface area contributed by atoms with E-state index in [-0.39, 0.29) is 0 Å². The van der Waals surface area contributed by atoms with Crippen LogP contribution in [-0.4, -0.2) is 28.0 Å². The van der Waals surface area contributed by atoms with Gasteiger partial charge in [0.25, 0.3) is 0 Å². The molecule has 0 amide bonds. The van der Waals surface area contributed by atoms with Crippen LogP contribution in [0.3, 0.4) is 0 Å². The van der Waals surface area contributed by atoms with Crippen LogP contribution in [0.2, 0.25) is 0 Å². The van der Waals surface area contributed by atoms with E-state index in [1.807, 2.05) is 13.0 Å². The minimum atomic E-state index is 0.494. The standard InChI is InChI=1S/C11H16N4S/c1-3-9-4-6-15(7-5-9)10-12-8(2)13-11(16)14-10/h3,9H,1,4-7H2,2H3,(H,12,13,14,16). The van der Waals surface area contributed by atoms with Crippen LogP contribution in [-0.2, 0) is 0 Å². The normalized spacial score (nSPS) is 17.5. The van der Waals surface area contributed by atoms with Crippen LogP contribution in [0, 0.1) is 12.8 Å². The molecule has 1 aromatic rings. The maximum Gasteiger partial charge on any atom is 0.229 e. The van der Waals surface area contributed by atoms with Crippen molar-refractivity contribution >= 4 is 18.6 Å². The van der Waals surface area contributed by atoms with Gasteiger partial charge in [-0.1, -0.05) is 6.08 Å². The molecule has 1 aliphatic rings. The van der Waals surface area contributed by atoms with Crippen LogP contribution < -0.4 is 4.90 Å². The Morgan fingerprint density at radius 1 is 1.31 bits per heavy atom. The largest absolute Gasteiger partial charge is 0.341 e. The molecular weight excluding hydrogens is 220 g/mol. The topological polar surface area (TPSA) is 41.9 Å². The summed E-state index contributed by atoms with van der Waals surface area (Å²) in [6, 6.07) is 0. The van der Waals surface area contributed by atoms with Crippen molar-refractivity contribution in [1.82, 2.24) is 15.0 Å². The Labute approximate surface area is 101 Å². The number of thiol groups is 1. The Morgan fingerprint density at radius 3 is 2.56 bits per heavy atom. The Hall–Kier alpha value is -1.10. The summed E-state index contributed by atoms with van der Waals surface area (Å²) in [6.45, 7) is 7.66. The molecule has 0 spiro atoms. The van der Waals surface area contributed by atoms with Crippen LogP contribution in [0.1, 0.15) is 18.7 Å². The van der Waals surface area contributed by atoms with E-state index in [2.05, 4.69) is 39.1 Å². The Balaban J connectivity index is 2.10. The summed E-state index contributed by atoms with van der Waals surface area (Å²) in [5.74, 6) is 2.11. The first-order chi connectivity index (χ1) is 7.69. The molecule has 0 saturated carbocycles. The molecule has 2 heterocycles. The monoisotopic (exact) mass is 236 g/mol. The van der Waals surface area contributed by atoms with E-state index in [9.17, 15) is 0 Å². The Bertz CT molecular complexity index is 365. The molecule has 0 aromatic carbocycles. The summed E-state index contributed by atoms with van der Waals surface area (Å²) in [5, 5.41) is 0.494. The molecule has 0 radical (unpaired) electrons. The van der Waals surface area contributed by atoms with Gasteiger partial charge in [-0.15, -0.1) is 19.2 Å². The van der Waals surface area contributed by atoms with Crippen molar-refractivity contribution < 1.29 is 0 Å². The average Bonchev–Trinajstić information content (AvgIpc) is 2.28. The first-order valence-electron chi connectivity index (χ1n) is 5.48. The van der Waals surface area contributed by atoms with Crippen molar-refractivity contribution in [3.05, 3.63) is 18.5 Å². The second-order valence-electron chi connectivity index (χ2n) is 4.04. The zero-order valence-corrected chi connectivity index (χ0v) is 10.3. The lowest BCUT2D eigenvalue weighted by atomic mass is 9.97. The maximum atomic E-state index is 4.34. The molecule has 0 aliphatic carbocycles. The molecule has 1 saturated heterocycles. The average molecular weight is 236 g/mol. The highest BCUT2D eigenvalue weighted by Gasteiger charge is 2.19. The molecule has 0 bridgehead atoms. The van der Waals surface area contributed by atoms with Gasteiger partial charge in [0.2, 0.25) is 5.95 Å². The Kier molecular flexibility index (Phi) is 3.43. The molecule has 1 fully saturated rings. The predicted octanol–water partition coefficient (Wildman–Crippen LogP) is 1.87. The SMILES string of the molecule is C=CC1CCN(c2nc(C)nc(S)n2)CC1. The lowest BCUT2D eigenvalue weighted by Gasteiger charge is -2.30. The van der Waals surface area contributed by atoms with Crippen molar-refractivity contribution in [2.75, 3.05) is 18.0 Å². The van der Waals surface area contributed by atoms with Gasteiger partial charge in [0.1, 0.15) is 5.82 Å². The van der Waals surface area contributed by atoms with Crippen molar-refractivity contribution in [3.63, 3.8) is 0 Å². The number of rotatable bonds is 2. The van der Waals surface area contributed by atoms with Gasteiger partial charge in [-0.3, -0.25) is 0 Å². The molecule has 0 N–H and O–H groups in total. The second kappa shape index (κ2) is 4.82. The van der Waals surface area contributed by atoms with E-state index in [4.69, 9.17) is 0 Å². The van der Waals surface area contributed by atoms with Gasteiger partial charge in [-0.2, -0.15) is 9.97 Å². The van der Waals surface area contributed by atoms with Gasteiger partial charge in [0, 0.05) is 13.1 Å². The number of hydrogen-bond acceptors (Lipinski definition) is 5. The van der Waals surface area contributed by atoms with Crippen molar-refractivity contribution in [2.24, 2.45) is 5.92 Å². The van der Waals surface area contributed by atoms with Crippen molar-refractivity contribution in [2.45, 2.75) is 24.9 Å². The summed E-state index contributed by atoms with van der Waals surface area (Å²) in [6.07, 6.45) is 4.28. The predicted molar refractivity (Wildman–Crippen MR) is 67.0 cm³/mol. The quantitative estimate of drug-likeness (QED) is 0.629. The number of aromatic nitrogens is 3. The summed E-state index contributed by atoms with van der Waals surface area (Å²) >= 11 is 4.17.